The van der Waals surface area contributed by atoms with Gasteiger partial charge in [-0.3, -0.25) is 0 Å². The summed E-state index contributed by atoms with van der Waals surface area (Å²) in [6.45, 7) is 1.83. The Morgan fingerprint density at radius 2 is 2.19 bits per heavy atom. The van der Waals surface area contributed by atoms with Crippen LogP contribution in [0, 0.1) is 6.92 Å². The molecule has 112 valence electrons. The minimum Gasteiger partial charge on any atom is -0.478 e. The van der Waals surface area contributed by atoms with Crippen LogP contribution in [0.2, 0.25) is 0 Å². The summed E-state index contributed by atoms with van der Waals surface area (Å²) in [7, 11) is -3.72. The molecule has 0 atom stereocenters. The van der Waals surface area contributed by atoms with Crippen LogP contribution in [0.5, 0.6) is 0 Å². The number of hydrogen-bond acceptors (Lipinski definition) is 5. The van der Waals surface area contributed by atoms with Crippen molar-refractivity contribution in [1.29, 1.82) is 0 Å². The van der Waals surface area contributed by atoms with Crippen LogP contribution < -0.4 is 4.72 Å². The van der Waals surface area contributed by atoms with Crippen LogP contribution in [-0.2, 0) is 16.4 Å². The highest BCUT2D eigenvalue weighted by atomic mass is 32.2. The standard InChI is InChI=1S/C13H14N2O4S2/c1-9-2-3-11(6-12(9)13(16)17)21(18,19)15-5-4-10-7-20-8-14-10/h2-3,6-8,15H,4-5H2,1H3,(H,16,17). The molecule has 1 aromatic carbocycles. The van der Waals surface area contributed by atoms with E-state index in [1.807, 2.05) is 5.38 Å². The molecule has 0 saturated heterocycles. The zero-order valence-corrected chi connectivity index (χ0v) is 12.9. The molecule has 0 amide bonds. The number of benzene rings is 1. The molecule has 0 bridgehead atoms. The number of sulfonamides is 1. The zero-order chi connectivity index (χ0) is 15.5. The molecule has 0 radical (unpaired) electrons. The van der Waals surface area contributed by atoms with Crippen LogP contribution in [0.1, 0.15) is 21.6 Å². The van der Waals surface area contributed by atoms with E-state index in [1.165, 1.54) is 29.5 Å². The smallest absolute Gasteiger partial charge is 0.335 e. The first-order valence-electron chi connectivity index (χ1n) is 6.11. The van der Waals surface area contributed by atoms with E-state index in [9.17, 15) is 13.2 Å². The van der Waals surface area contributed by atoms with E-state index < -0.39 is 16.0 Å². The van der Waals surface area contributed by atoms with Gasteiger partial charge < -0.3 is 5.11 Å². The quantitative estimate of drug-likeness (QED) is 0.842. The topological polar surface area (TPSA) is 96.4 Å². The summed E-state index contributed by atoms with van der Waals surface area (Å²) in [6, 6.07) is 4.05. The van der Waals surface area contributed by atoms with Gasteiger partial charge in [0.1, 0.15) is 0 Å². The van der Waals surface area contributed by atoms with Gasteiger partial charge in [0.25, 0.3) is 0 Å². The first-order valence-corrected chi connectivity index (χ1v) is 8.53. The van der Waals surface area contributed by atoms with E-state index in [1.54, 1.807) is 12.4 Å². The van der Waals surface area contributed by atoms with E-state index in [4.69, 9.17) is 5.11 Å². The van der Waals surface area contributed by atoms with Crippen molar-refractivity contribution < 1.29 is 18.3 Å². The Kier molecular flexibility index (Phi) is 4.71. The number of carboxylic acid groups (broad SMARTS) is 1. The highest BCUT2D eigenvalue weighted by Crippen LogP contribution is 2.15. The van der Waals surface area contributed by atoms with Crippen LogP contribution in [0.4, 0.5) is 0 Å². The average Bonchev–Trinajstić information content (AvgIpc) is 2.91. The van der Waals surface area contributed by atoms with Crippen molar-refractivity contribution in [2.75, 3.05) is 6.54 Å². The number of hydrogen-bond donors (Lipinski definition) is 2. The first-order chi connectivity index (χ1) is 9.90. The number of nitrogens with one attached hydrogen (secondary N) is 1. The molecular weight excluding hydrogens is 312 g/mol. The Morgan fingerprint density at radius 1 is 1.43 bits per heavy atom. The van der Waals surface area contributed by atoms with Gasteiger partial charge in [0.15, 0.2) is 0 Å². The number of nitrogens with zero attached hydrogens (tertiary/aromatic N) is 1. The SMILES string of the molecule is Cc1ccc(S(=O)(=O)NCCc2cscn2)cc1C(=O)O. The van der Waals surface area contributed by atoms with Crippen molar-refractivity contribution >= 4 is 27.3 Å². The molecule has 0 spiro atoms. The monoisotopic (exact) mass is 326 g/mol. The largest absolute Gasteiger partial charge is 0.478 e. The summed E-state index contributed by atoms with van der Waals surface area (Å²) in [5.74, 6) is -1.15. The number of aryl methyl sites for hydroxylation is 1. The fourth-order valence-corrected chi connectivity index (χ4v) is 3.41. The molecule has 0 aliphatic heterocycles. The number of rotatable bonds is 6. The minimum absolute atomic E-state index is 0.0163. The lowest BCUT2D eigenvalue weighted by Gasteiger charge is -2.08. The van der Waals surface area contributed by atoms with Gasteiger partial charge in [-0.25, -0.2) is 22.9 Å². The summed E-state index contributed by atoms with van der Waals surface area (Å²) in [4.78, 5) is 15.1. The Bertz CT molecular complexity index is 740. The number of thiazole rings is 1. The van der Waals surface area contributed by atoms with Crippen LogP contribution in [0.3, 0.4) is 0 Å². The summed E-state index contributed by atoms with van der Waals surface area (Å²) in [5, 5.41) is 10.9. The van der Waals surface area contributed by atoms with E-state index >= 15 is 0 Å². The third-order valence-electron chi connectivity index (χ3n) is 2.91. The fraction of sp³-hybridized carbons (Fsp3) is 0.231. The summed E-state index contributed by atoms with van der Waals surface area (Å²) < 4.78 is 26.7. The maximum Gasteiger partial charge on any atom is 0.335 e. The zero-order valence-electron chi connectivity index (χ0n) is 11.2. The molecule has 8 heteroatoms. The summed E-state index contributed by atoms with van der Waals surface area (Å²) >= 11 is 1.45. The van der Waals surface area contributed by atoms with E-state index in [0.29, 0.717) is 12.0 Å². The Morgan fingerprint density at radius 3 is 2.81 bits per heavy atom. The third-order valence-corrected chi connectivity index (χ3v) is 5.00. The molecule has 0 fully saturated rings. The predicted molar refractivity (Wildman–Crippen MR) is 79.1 cm³/mol. The lowest BCUT2D eigenvalue weighted by atomic mass is 10.1. The van der Waals surface area contributed by atoms with Crippen LogP contribution in [0.25, 0.3) is 0 Å². The molecule has 6 nitrogen and oxygen atoms in total. The minimum atomic E-state index is -3.72. The molecular formula is C13H14N2O4S2. The number of aromatic nitrogens is 1. The van der Waals surface area contributed by atoms with Gasteiger partial charge in [-0.1, -0.05) is 6.07 Å². The Balaban J connectivity index is 2.12. The van der Waals surface area contributed by atoms with Crippen molar-refractivity contribution in [3.8, 4) is 0 Å². The fourth-order valence-electron chi connectivity index (χ4n) is 1.76. The lowest BCUT2D eigenvalue weighted by Crippen LogP contribution is -2.26. The average molecular weight is 326 g/mol. The highest BCUT2D eigenvalue weighted by Gasteiger charge is 2.17. The molecule has 2 aromatic rings. The molecule has 2 N–H and O–H groups in total. The third kappa shape index (κ3) is 3.87. The molecule has 1 aromatic heterocycles. The van der Waals surface area contributed by atoms with Crippen LogP contribution in [-0.4, -0.2) is 31.0 Å². The second kappa shape index (κ2) is 6.33. The van der Waals surface area contributed by atoms with Crippen molar-refractivity contribution in [1.82, 2.24) is 9.71 Å². The van der Waals surface area contributed by atoms with Crippen molar-refractivity contribution in [2.24, 2.45) is 0 Å². The number of carbonyl (C=O) groups is 1. The van der Waals surface area contributed by atoms with E-state index in [-0.39, 0.29) is 17.0 Å². The normalized spacial score (nSPS) is 11.5. The summed E-state index contributed by atoms with van der Waals surface area (Å²) in [6.07, 6.45) is 0.486. The molecule has 0 unspecified atom stereocenters. The van der Waals surface area contributed by atoms with Gasteiger partial charge in [-0.05, 0) is 24.6 Å². The molecule has 0 saturated carbocycles. The Hall–Kier alpha value is -1.77. The van der Waals surface area contributed by atoms with Crippen molar-refractivity contribution in [3.63, 3.8) is 0 Å². The first kappa shape index (κ1) is 15.6. The van der Waals surface area contributed by atoms with Crippen LogP contribution in [0.15, 0.2) is 34.0 Å². The van der Waals surface area contributed by atoms with Gasteiger partial charge in [-0.2, -0.15) is 0 Å². The van der Waals surface area contributed by atoms with Crippen molar-refractivity contribution in [2.45, 2.75) is 18.2 Å². The lowest BCUT2D eigenvalue weighted by molar-refractivity contribution is 0.0696. The maximum atomic E-state index is 12.1. The van der Waals surface area contributed by atoms with Gasteiger partial charge in [0.2, 0.25) is 10.0 Å². The molecule has 21 heavy (non-hydrogen) atoms. The van der Waals surface area contributed by atoms with Gasteiger partial charge in [0, 0.05) is 18.3 Å². The highest BCUT2D eigenvalue weighted by molar-refractivity contribution is 7.89. The van der Waals surface area contributed by atoms with Crippen molar-refractivity contribution in [3.05, 3.63) is 45.9 Å². The Labute approximate surface area is 126 Å². The predicted octanol–water partition coefficient (Wildman–Crippen LogP) is 1.67. The number of carboxylic acids is 1. The van der Waals surface area contributed by atoms with E-state index in [2.05, 4.69) is 9.71 Å². The summed E-state index contributed by atoms with van der Waals surface area (Å²) in [5.41, 5.74) is 3.00. The van der Waals surface area contributed by atoms with E-state index in [0.717, 1.165) is 5.69 Å². The molecule has 0 aliphatic carbocycles. The van der Waals surface area contributed by atoms with Crippen LogP contribution >= 0.6 is 11.3 Å². The molecule has 2 rings (SSSR count). The molecule has 1 heterocycles. The second-order valence-electron chi connectivity index (χ2n) is 4.41. The number of aromatic carboxylic acids is 1. The maximum absolute atomic E-state index is 12.1. The molecule has 0 aliphatic rings. The van der Waals surface area contributed by atoms with Gasteiger partial charge >= 0.3 is 5.97 Å². The second-order valence-corrected chi connectivity index (χ2v) is 6.90. The van der Waals surface area contributed by atoms with Gasteiger partial charge in [-0.15, -0.1) is 11.3 Å². The van der Waals surface area contributed by atoms with Gasteiger partial charge in [0.05, 0.1) is 21.7 Å².